The molecule has 0 fully saturated rings. The summed E-state index contributed by atoms with van der Waals surface area (Å²) in [5.41, 5.74) is 3.48. The Hall–Kier alpha value is -0.820. The van der Waals surface area contributed by atoms with Crippen LogP contribution in [0.4, 0.5) is 5.69 Å². The largest absolute Gasteiger partial charge is 0.461 e. The topological polar surface area (TPSA) is 50.7 Å². The van der Waals surface area contributed by atoms with Gasteiger partial charge in [-0.05, 0) is 41.6 Å². The fourth-order valence-corrected chi connectivity index (χ4v) is 1.50. The molecule has 6 heteroatoms. The zero-order valence-electron chi connectivity index (χ0n) is 8.54. The molecule has 0 heterocycles. The molecule has 0 saturated carbocycles. The minimum atomic E-state index is -0.636. The number of esters is 1. The third kappa shape index (κ3) is 3.97. The van der Waals surface area contributed by atoms with E-state index in [2.05, 4.69) is 37.9 Å². The molecule has 0 saturated heterocycles. The summed E-state index contributed by atoms with van der Waals surface area (Å²) < 4.78 is 5.66. The number of benzene rings is 1. The van der Waals surface area contributed by atoms with Crippen LogP contribution >= 0.6 is 34.2 Å². The van der Waals surface area contributed by atoms with Crippen LogP contribution in [0.3, 0.4) is 0 Å². The zero-order valence-corrected chi connectivity index (χ0v) is 11.4. The van der Waals surface area contributed by atoms with Gasteiger partial charge in [-0.25, -0.2) is 4.79 Å². The van der Waals surface area contributed by atoms with Crippen molar-refractivity contribution in [3.05, 3.63) is 27.8 Å². The summed E-state index contributed by atoms with van der Waals surface area (Å²) in [6.45, 7) is 1.98. The fraction of sp³-hybridized carbons (Fsp3) is 0.200. The van der Waals surface area contributed by atoms with Crippen LogP contribution in [-0.4, -0.2) is 17.7 Å². The van der Waals surface area contributed by atoms with Crippen LogP contribution in [0.5, 0.6) is 0 Å². The molecule has 0 bridgehead atoms. The number of hydrogen-bond donors (Lipinski definition) is 1. The molecule has 0 unspecified atom stereocenters. The summed E-state index contributed by atoms with van der Waals surface area (Å²) in [4.78, 5) is 11.1. The standard InChI is InChI=1S/C10H10ClIN2O2/c1-2-16-10(15)9(11)14-13-8-6-4-3-5-7(8)12/h3-6,13H,2H2,1H3/b14-9-. The first-order valence-electron chi connectivity index (χ1n) is 4.56. The zero-order chi connectivity index (χ0) is 12.0. The quantitative estimate of drug-likeness (QED) is 0.392. The highest BCUT2D eigenvalue weighted by Gasteiger charge is 2.08. The third-order valence-corrected chi connectivity index (χ3v) is 2.77. The van der Waals surface area contributed by atoms with E-state index in [-0.39, 0.29) is 11.8 Å². The van der Waals surface area contributed by atoms with Gasteiger partial charge in [-0.15, -0.1) is 0 Å². The van der Waals surface area contributed by atoms with Gasteiger partial charge in [0.15, 0.2) is 0 Å². The molecular weight excluding hydrogens is 342 g/mol. The van der Waals surface area contributed by atoms with Crippen molar-refractivity contribution in [1.29, 1.82) is 0 Å². The number of nitrogens with one attached hydrogen (secondary N) is 1. The van der Waals surface area contributed by atoms with E-state index in [1.54, 1.807) is 6.92 Å². The Morgan fingerprint density at radius 3 is 2.88 bits per heavy atom. The molecule has 16 heavy (non-hydrogen) atoms. The summed E-state index contributed by atoms with van der Waals surface area (Å²) in [7, 11) is 0. The molecule has 86 valence electrons. The van der Waals surface area contributed by atoms with Gasteiger partial charge in [-0.1, -0.05) is 23.7 Å². The molecule has 0 atom stereocenters. The van der Waals surface area contributed by atoms with E-state index in [4.69, 9.17) is 11.6 Å². The second-order valence-electron chi connectivity index (χ2n) is 2.71. The van der Waals surface area contributed by atoms with Crippen LogP contribution < -0.4 is 5.43 Å². The minimum Gasteiger partial charge on any atom is -0.461 e. The molecule has 0 amide bonds. The maximum atomic E-state index is 11.1. The number of para-hydroxylation sites is 1. The SMILES string of the molecule is CCOC(=O)/C(Cl)=N/Nc1ccccc1I. The van der Waals surface area contributed by atoms with Gasteiger partial charge in [0.25, 0.3) is 0 Å². The van der Waals surface area contributed by atoms with Crippen molar-refractivity contribution in [2.24, 2.45) is 5.10 Å². The number of halogens is 2. The molecule has 0 aliphatic carbocycles. The van der Waals surface area contributed by atoms with Crippen molar-refractivity contribution >= 4 is 51.0 Å². The van der Waals surface area contributed by atoms with Gasteiger partial charge in [-0.3, -0.25) is 5.43 Å². The van der Waals surface area contributed by atoms with Crippen molar-refractivity contribution < 1.29 is 9.53 Å². The highest BCUT2D eigenvalue weighted by Crippen LogP contribution is 2.16. The predicted molar refractivity (Wildman–Crippen MR) is 72.7 cm³/mol. The smallest absolute Gasteiger partial charge is 0.370 e. The summed E-state index contributed by atoms with van der Waals surface area (Å²) in [5, 5.41) is 3.51. The third-order valence-electron chi connectivity index (χ3n) is 1.59. The average Bonchev–Trinajstić information content (AvgIpc) is 2.28. The van der Waals surface area contributed by atoms with Gasteiger partial charge in [0.05, 0.1) is 12.3 Å². The number of hydrazone groups is 1. The number of hydrogen-bond acceptors (Lipinski definition) is 4. The van der Waals surface area contributed by atoms with Crippen LogP contribution in [0.2, 0.25) is 0 Å². The van der Waals surface area contributed by atoms with Crippen molar-refractivity contribution in [1.82, 2.24) is 0 Å². The number of rotatable bonds is 4. The molecule has 0 aliphatic rings. The van der Waals surface area contributed by atoms with Crippen molar-refractivity contribution in [3.63, 3.8) is 0 Å². The predicted octanol–water partition coefficient (Wildman–Crippen LogP) is 2.82. The van der Waals surface area contributed by atoms with Crippen LogP contribution in [0.1, 0.15) is 6.92 Å². The first-order chi connectivity index (χ1) is 7.65. The number of carbonyl (C=O) groups is 1. The van der Waals surface area contributed by atoms with Gasteiger partial charge < -0.3 is 4.74 Å². The Balaban J connectivity index is 2.66. The Kier molecular flexibility index (Phi) is 5.54. The molecule has 1 aromatic rings. The van der Waals surface area contributed by atoms with Crippen LogP contribution in [-0.2, 0) is 9.53 Å². The van der Waals surface area contributed by atoms with Crippen molar-refractivity contribution in [3.8, 4) is 0 Å². The summed E-state index contributed by atoms with van der Waals surface area (Å²) in [5.74, 6) is -0.636. The summed E-state index contributed by atoms with van der Waals surface area (Å²) >= 11 is 7.77. The van der Waals surface area contributed by atoms with E-state index in [0.717, 1.165) is 9.26 Å². The van der Waals surface area contributed by atoms with Gasteiger partial charge in [0, 0.05) is 3.57 Å². The Bertz CT molecular complexity index is 410. The summed E-state index contributed by atoms with van der Waals surface area (Å²) in [6.07, 6.45) is 0. The normalized spacial score (nSPS) is 11.1. The molecular formula is C10H10ClIN2O2. The van der Waals surface area contributed by atoms with E-state index >= 15 is 0 Å². The lowest BCUT2D eigenvalue weighted by atomic mass is 10.3. The fourth-order valence-electron chi connectivity index (χ4n) is 0.897. The highest BCUT2D eigenvalue weighted by atomic mass is 127. The lowest BCUT2D eigenvalue weighted by Crippen LogP contribution is -2.13. The number of anilines is 1. The second kappa shape index (κ2) is 6.70. The van der Waals surface area contributed by atoms with E-state index in [1.807, 2.05) is 24.3 Å². The maximum Gasteiger partial charge on any atom is 0.370 e. The summed E-state index contributed by atoms with van der Waals surface area (Å²) in [6, 6.07) is 7.51. The van der Waals surface area contributed by atoms with Gasteiger partial charge in [-0.2, -0.15) is 5.10 Å². The van der Waals surface area contributed by atoms with Crippen LogP contribution in [0.15, 0.2) is 29.4 Å². The minimum absolute atomic E-state index is 0.221. The van der Waals surface area contributed by atoms with Crippen LogP contribution in [0.25, 0.3) is 0 Å². The monoisotopic (exact) mass is 352 g/mol. The molecule has 1 rings (SSSR count). The molecule has 1 N–H and O–H groups in total. The Morgan fingerprint density at radius 2 is 2.25 bits per heavy atom. The molecule has 0 aliphatic heterocycles. The number of carbonyl (C=O) groups excluding carboxylic acids is 1. The van der Waals surface area contributed by atoms with Crippen molar-refractivity contribution in [2.75, 3.05) is 12.0 Å². The van der Waals surface area contributed by atoms with Gasteiger partial charge >= 0.3 is 5.97 Å². The molecule has 0 spiro atoms. The Labute approximate surface area is 112 Å². The van der Waals surface area contributed by atoms with Crippen molar-refractivity contribution in [2.45, 2.75) is 6.92 Å². The van der Waals surface area contributed by atoms with Gasteiger partial charge in [0.1, 0.15) is 0 Å². The lowest BCUT2D eigenvalue weighted by Gasteiger charge is -2.03. The number of ether oxygens (including phenoxy) is 1. The molecule has 0 radical (unpaired) electrons. The molecule has 1 aromatic carbocycles. The van der Waals surface area contributed by atoms with E-state index in [9.17, 15) is 4.79 Å². The van der Waals surface area contributed by atoms with Gasteiger partial charge in [0.2, 0.25) is 5.17 Å². The second-order valence-corrected chi connectivity index (χ2v) is 4.23. The maximum absolute atomic E-state index is 11.1. The van der Waals surface area contributed by atoms with E-state index < -0.39 is 5.97 Å². The van der Waals surface area contributed by atoms with Crippen LogP contribution in [0, 0.1) is 3.57 Å². The average molecular weight is 353 g/mol. The Morgan fingerprint density at radius 1 is 1.56 bits per heavy atom. The first kappa shape index (κ1) is 13.2. The molecule has 0 aromatic heterocycles. The lowest BCUT2D eigenvalue weighted by molar-refractivity contribution is -0.134. The first-order valence-corrected chi connectivity index (χ1v) is 6.01. The highest BCUT2D eigenvalue weighted by molar-refractivity contribution is 14.1. The van der Waals surface area contributed by atoms with E-state index in [1.165, 1.54) is 0 Å². The van der Waals surface area contributed by atoms with E-state index in [0.29, 0.717) is 0 Å². The molecule has 4 nitrogen and oxygen atoms in total. The number of nitrogens with zero attached hydrogens (tertiary/aromatic N) is 1.